The molecule has 2 heterocycles. The second kappa shape index (κ2) is 8.10. The maximum atomic E-state index is 12.6. The van der Waals surface area contributed by atoms with E-state index in [4.69, 9.17) is 0 Å². The van der Waals surface area contributed by atoms with Crippen LogP contribution >= 0.6 is 0 Å². The minimum atomic E-state index is -0.243. The summed E-state index contributed by atoms with van der Waals surface area (Å²) in [6.45, 7) is 9.84. The predicted octanol–water partition coefficient (Wildman–Crippen LogP) is 3.33. The number of likely N-dealkylation sites (N-methyl/N-ethyl adjacent to an activating group) is 1. The van der Waals surface area contributed by atoms with Gasteiger partial charge in [-0.15, -0.1) is 0 Å². The fourth-order valence-corrected chi connectivity index (χ4v) is 3.01. The zero-order chi connectivity index (χ0) is 18.5. The van der Waals surface area contributed by atoms with Crippen molar-refractivity contribution >= 4 is 22.9 Å². The van der Waals surface area contributed by atoms with Gasteiger partial charge in [0.1, 0.15) is 5.69 Å². The number of nitrogens with one attached hydrogen (secondary N) is 1. The smallest absolute Gasteiger partial charge is 0.276 e. The van der Waals surface area contributed by atoms with Gasteiger partial charge in [-0.3, -0.25) is 10.1 Å². The topological polar surface area (TPSA) is 63.0 Å². The molecule has 0 atom stereocenters. The Bertz CT molecular complexity index is 898. The van der Waals surface area contributed by atoms with Gasteiger partial charge in [0.15, 0.2) is 0 Å². The number of rotatable bonds is 7. The van der Waals surface area contributed by atoms with Gasteiger partial charge in [0, 0.05) is 18.8 Å². The Morgan fingerprint density at radius 2 is 1.85 bits per heavy atom. The van der Waals surface area contributed by atoms with Gasteiger partial charge >= 0.3 is 0 Å². The molecule has 0 saturated heterocycles. The summed E-state index contributed by atoms with van der Waals surface area (Å²) in [4.78, 5) is 23.9. The summed E-state index contributed by atoms with van der Waals surface area (Å²) >= 11 is 0. The highest BCUT2D eigenvalue weighted by Crippen LogP contribution is 2.20. The van der Waals surface area contributed by atoms with E-state index in [0.717, 1.165) is 42.9 Å². The molecule has 3 aromatic rings. The number of benzene rings is 1. The second-order valence-corrected chi connectivity index (χ2v) is 6.22. The SMILES string of the molecule is CCN(CC)CCn1c(NC(=O)c2cccc(C)n2)nc2ccccc21. The molecule has 0 saturated carbocycles. The molecule has 0 fully saturated rings. The molecule has 0 aliphatic carbocycles. The summed E-state index contributed by atoms with van der Waals surface area (Å²) in [5, 5.41) is 2.94. The largest absolute Gasteiger partial charge is 0.309 e. The second-order valence-electron chi connectivity index (χ2n) is 6.22. The Morgan fingerprint density at radius 1 is 1.08 bits per heavy atom. The molecular weight excluding hydrogens is 326 g/mol. The van der Waals surface area contributed by atoms with E-state index >= 15 is 0 Å². The van der Waals surface area contributed by atoms with Gasteiger partial charge in [0.25, 0.3) is 5.91 Å². The number of hydrogen-bond donors (Lipinski definition) is 1. The number of fused-ring (bicyclic) bond motifs is 1. The normalized spacial score (nSPS) is 11.2. The van der Waals surface area contributed by atoms with Crippen molar-refractivity contribution in [2.75, 3.05) is 25.0 Å². The number of carbonyl (C=O) groups is 1. The minimum absolute atomic E-state index is 0.243. The number of pyridine rings is 1. The third-order valence-electron chi connectivity index (χ3n) is 4.54. The molecule has 6 heteroatoms. The van der Waals surface area contributed by atoms with Crippen molar-refractivity contribution in [1.82, 2.24) is 19.4 Å². The summed E-state index contributed by atoms with van der Waals surface area (Å²) < 4.78 is 2.07. The van der Waals surface area contributed by atoms with Gasteiger partial charge in [-0.1, -0.05) is 32.0 Å². The van der Waals surface area contributed by atoms with Crippen LogP contribution in [0.2, 0.25) is 0 Å². The average Bonchev–Trinajstić information content (AvgIpc) is 3.00. The lowest BCUT2D eigenvalue weighted by atomic mass is 10.3. The van der Waals surface area contributed by atoms with Gasteiger partial charge in [0.05, 0.1) is 11.0 Å². The zero-order valence-corrected chi connectivity index (χ0v) is 15.6. The Kier molecular flexibility index (Phi) is 5.63. The minimum Gasteiger partial charge on any atom is -0.309 e. The van der Waals surface area contributed by atoms with Crippen LogP contribution in [0.25, 0.3) is 11.0 Å². The molecule has 0 bridgehead atoms. The van der Waals surface area contributed by atoms with E-state index in [2.05, 4.69) is 38.6 Å². The lowest BCUT2D eigenvalue weighted by Gasteiger charge is -2.19. The van der Waals surface area contributed by atoms with Gasteiger partial charge in [-0.2, -0.15) is 0 Å². The first kappa shape index (κ1) is 18.1. The van der Waals surface area contributed by atoms with Crippen molar-refractivity contribution in [2.45, 2.75) is 27.3 Å². The molecule has 0 radical (unpaired) electrons. The fraction of sp³-hybridized carbons (Fsp3) is 0.350. The molecule has 1 N–H and O–H groups in total. The number of nitrogens with zero attached hydrogens (tertiary/aromatic N) is 4. The highest BCUT2D eigenvalue weighted by molar-refractivity contribution is 6.02. The lowest BCUT2D eigenvalue weighted by molar-refractivity contribution is 0.102. The van der Waals surface area contributed by atoms with E-state index in [9.17, 15) is 4.79 Å². The molecule has 0 aliphatic rings. The predicted molar refractivity (Wildman–Crippen MR) is 104 cm³/mol. The standard InChI is InChI=1S/C20H25N5O/c1-4-24(5-2)13-14-25-18-12-7-6-10-16(18)22-20(25)23-19(26)17-11-8-9-15(3)21-17/h6-12H,4-5,13-14H2,1-3H3,(H,22,23,26). The van der Waals surface area contributed by atoms with Crippen molar-refractivity contribution < 1.29 is 4.79 Å². The maximum Gasteiger partial charge on any atom is 0.276 e. The number of carbonyl (C=O) groups excluding carboxylic acids is 1. The maximum absolute atomic E-state index is 12.6. The van der Waals surface area contributed by atoms with Crippen molar-refractivity contribution in [1.29, 1.82) is 0 Å². The monoisotopic (exact) mass is 351 g/mol. The van der Waals surface area contributed by atoms with Crippen LogP contribution in [0.3, 0.4) is 0 Å². The average molecular weight is 351 g/mol. The third kappa shape index (κ3) is 3.91. The van der Waals surface area contributed by atoms with E-state index in [1.807, 2.05) is 43.3 Å². The molecule has 3 rings (SSSR count). The summed E-state index contributed by atoms with van der Waals surface area (Å²) in [6, 6.07) is 13.4. The first-order valence-electron chi connectivity index (χ1n) is 9.05. The van der Waals surface area contributed by atoms with Gasteiger partial charge < -0.3 is 9.47 Å². The zero-order valence-electron chi connectivity index (χ0n) is 15.6. The molecule has 26 heavy (non-hydrogen) atoms. The van der Waals surface area contributed by atoms with E-state index < -0.39 is 0 Å². The van der Waals surface area contributed by atoms with Crippen LogP contribution in [0.5, 0.6) is 0 Å². The number of para-hydroxylation sites is 2. The molecular formula is C20H25N5O. The molecule has 136 valence electrons. The van der Waals surface area contributed by atoms with Crippen molar-refractivity contribution in [3.05, 3.63) is 53.9 Å². The van der Waals surface area contributed by atoms with Crippen LogP contribution in [0.4, 0.5) is 5.95 Å². The van der Waals surface area contributed by atoms with Crippen molar-refractivity contribution in [2.24, 2.45) is 0 Å². The summed E-state index contributed by atoms with van der Waals surface area (Å²) in [7, 11) is 0. The van der Waals surface area contributed by atoms with Crippen LogP contribution in [-0.2, 0) is 6.54 Å². The number of anilines is 1. The molecule has 0 spiro atoms. The highest BCUT2D eigenvalue weighted by Gasteiger charge is 2.15. The number of imidazole rings is 1. The van der Waals surface area contributed by atoms with Crippen molar-refractivity contribution in [3.63, 3.8) is 0 Å². The number of aryl methyl sites for hydroxylation is 1. The molecule has 1 amide bonds. The van der Waals surface area contributed by atoms with Crippen LogP contribution in [0.15, 0.2) is 42.5 Å². The van der Waals surface area contributed by atoms with E-state index in [1.54, 1.807) is 6.07 Å². The van der Waals surface area contributed by atoms with Gasteiger partial charge in [-0.05, 0) is 44.3 Å². The van der Waals surface area contributed by atoms with E-state index in [-0.39, 0.29) is 5.91 Å². The molecule has 1 aromatic carbocycles. The summed E-state index contributed by atoms with van der Waals surface area (Å²) in [6.07, 6.45) is 0. The van der Waals surface area contributed by atoms with Crippen LogP contribution in [-0.4, -0.2) is 45.0 Å². The summed E-state index contributed by atoms with van der Waals surface area (Å²) in [5.41, 5.74) is 3.10. The molecule has 6 nitrogen and oxygen atoms in total. The summed E-state index contributed by atoms with van der Waals surface area (Å²) in [5.74, 6) is 0.319. The van der Waals surface area contributed by atoms with Crippen LogP contribution < -0.4 is 5.32 Å². The molecule has 0 aliphatic heterocycles. The third-order valence-corrected chi connectivity index (χ3v) is 4.54. The van der Waals surface area contributed by atoms with Gasteiger partial charge in [-0.25, -0.2) is 9.97 Å². The quantitative estimate of drug-likeness (QED) is 0.709. The van der Waals surface area contributed by atoms with Crippen LogP contribution in [0.1, 0.15) is 30.0 Å². The van der Waals surface area contributed by atoms with E-state index in [0.29, 0.717) is 11.6 Å². The number of aromatic nitrogens is 3. The molecule has 0 unspecified atom stereocenters. The number of amides is 1. The first-order chi connectivity index (χ1) is 12.6. The Morgan fingerprint density at radius 3 is 2.58 bits per heavy atom. The fourth-order valence-electron chi connectivity index (χ4n) is 3.01. The Balaban J connectivity index is 1.89. The van der Waals surface area contributed by atoms with Gasteiger partial charge in [0.2, 0.25) is 5.95 Å². The first-order valence-corrected chi connectivity index (χ1v) is 9.05. The highest BCUT2D eigenvalue weighted by atomic mass is 16.2. The van der Waals surface area contributed by atoms with E-state index in [1.165, 1.54) is 0 Å². The van der Waals surface area contributed by atoms with Crippen molar-refractivity contribution in [3.8, 4) is 0 Å². The Hall–Kier alpha value is -2.73. The van der Waals surface area contributed by atoms with Crippen LogP contribution in [0, 0.1) is 6.92 Å². The molecule has 2 aromatic heterocycles. The Labute approximate surface area is 153 Å². The number of hydrogen-bond acceptors (Lipinski definition) is 4. The lowest BCUT2D eigenvalue weighted by Crippen LogP contribution is -2.27.